The Bertz CT molecular complexity index is 770. The Hall–Kier alpha value is -1.04. The maximum Gasteiger partial charge on any atom is 0.151 e. The second-order valence-electron chi connectivity index (χ2n) is 6.23. The van der Waals surface area contributed by atoms with Gasteiger partial charge in [0.2, 0.25) is 0 Å². The summed E-state index contributed by atoms with van der Waals surface area (Å²) in [5.41, 5.74) is 1.17. The molecule has 1 aliphatic rings. The van der Waals surface area contributed by atoms with E-state index in [-0.39, 0.29) is 11.7 Å². The minimum atomic E-state index is -2.88. The molecule has 0 N–H and O–H groups in total. The van der Waals surface area contributed by atoms with Gasteiger partial charge in [0, 0.05) is 48.3 Å². The molecule has 1 fully saturated rings. The molecular weight excluding hydrogens is 320 g/mol. The average molecular weight is 341 g/mol. The van der Waals surface area contributed by atoms with Gasteiger partial charge in [0.15, 0.2) is 9.84 Å². The number of aromatic nitrogens is 1. The molecule has 120 valence electrons. The van der Waals surface area contributed by atoms with Crippen molar-refractivity contribution in [1.29, 1.82) is 0 Å². The van der Waals surface area contributed by atoms with E-state index in [1.54, 1.807) is 0 Å². The summed E-state index contributed by atoms with van der Waals surface area (Å²) in [7, 11) is -2.88. The number of nitrogens with zero attached hydrogens (tertiary/aromatic N) is 2. The fraction of sp³-hybridized carbons (Fsp3) is 0.500. The lowest BCUT2D eigenvalue weighted by Gasteiger charge is -2.22. The Kier molecular flexibility index (Phi) is 4.48. The third kappa shape index (κ3) is 3.65. The van der Waals surface area contributed by atoms with Gasteiger partial charge in [0.05, 0.1) is 11.5 Å². The second-order valence-corrected chi connectivity index (χ2v) is 8.90. The van der Waals surface area contributed by atoms with E-state index in [9.17, 15) is 8.42 Å². The van der Waals surface area contributed by atoms with Crippen LogP contribution in [-0.2, 0) is 16.4 Å². The van der Waals surface area contributed by atoms with Crippen LogP contribution >= 0.6 is 11.6 Å². The quantitative estimate of drug-likeness (QED) is 0.862. The smallest absolute Gasteiger partial charge is 0.151 e. The number of hydrogen-bond acceptors (Lipinski definition) is 3. The fourth-order valence-electron chi connectivity index (χ4n) is 3.19. The van der Waals surface area contributed by atoms with Gasteiger partial charge >= 0.3 is 0 Å². The first-order valence-corrected chi connectivity index (χ1v) is 9.80. The van der Waals surface area contributed by atoms with Crippen LogP contribution in [0.5, 0.6) is 0 Å². The van der Waals surface area contributed by atoms with Crippen molar-refractivity contribution in [1.82, 2.24) is 9.47 Å². The minimum absolute atomic E-state index is 0.202. The SMILES string of the molecule is CC1CN(CCn2ccc3cc(Cl)ccc32)CCS(=O)(=O)C1. The van der Waals surface area contributed by atoms with Crippen molar-refractivity contribution >= 4 is 32.3 Å². The van der Waals surface area contributed by atoms with Crippen molar-refractivity contribution in [3.8, 4) is 0 Å². The molecule has 1 saturated heterocycles. The third-order valence-corrected chi connectivity index (χ3v) is 6.33. The number of hydrogen-bond donors (Lipinski definition) is 0. The zero-order valence-electron chi connectivity index (χ0n) is 12.7. The van der Waals surface area contributed by atoms with Crippen LogP contribution in [0.4, 0.5) is 0 Å². The first-order chi connectivity index (χ1) is 10.4. The Balaban J connectivity index is 1.69. The molecule has 0 radical (unpaired) electrons. The number of halogens is 1. The van der Waals surface area contributed by atoms with Crippen molar-refractivity contribution in [2.75, 3.05) is 31.1 Å². The van der Waals surface area contributed by atoms with Gasteiger partial charge in [-0.05, 0) is 30.2 Å². The first-order valence-electron chi connectivity index (χ1n) is 7.60. The largest absolute Gasteiger partial charge is 0.346 e. The van der Waals surface area contributed by atoms with E-state index in [2.05, 4.69) is 21.7 Å². The number of rotatable bonds is 3. The van der Waals surface area contributed by atoms with Crippen molar-refractivity contribution in [2.24, 2.45) is 5.92 Å². The molecule has 1 atom stereocenters. The van der Waals surface area contributed by atoms with Crippen molar-refractivity contribution in [2.45, 2.75) is 13.5 Å². The summed E-state index contributed by atoms with van der Waals surface area (Å²) in [6.45, 7) is 5.23. The molecule has 2 heterocycles. The normalized spacial score (nSPS) is 22.7. The standard InChI is InChI=1S/C16H21ClN2O2S/c1-13-11-18(8-9-22(20,21)12-13)6-7-19-5-4-14-10-15(17)2-3-16(14)19/h2-5,10,13H,6-9,11-12H2,1H3. The molecule has 0 aliphatic carbocycles. The van der Waals surface area contributed by atoms with Gasteiger partial charge in [-0.2, -0.15) is 0 Å². The molecule has 0 amide bonds. The highest BCUT2D eigenvalue weighted by Crippen LogP contribution is 2.20. The van der Waals surface area contributed by atoms with E-state index < -0.39 is 9.84 Å². The van der Waals surface area contributed by atoms with Crippen LogP contribution in [0.2, 0.25) is 5.02 Å². The third-order valence-electron chi connectivity index (χ3n) is 4.22. The molecule has 3 rings (SSSR count). The molecule has 6 heteroatoms. The topological polar surface area (TPSA) is 42.3 Å². The highest BCUT2D eigenvalue weighted by molar-refractivity contribution is 7.91. The molecule has 0 bridgehead atoms. The summed E-state index contributed by atoms with van der Waals surface area (Å²) in [6, 6.07) is 7.97. The summed E-state index contributed by atoms with van der Waals surface area (Å²) >= 11 is 6.01. The Morgan fingerprint density at radius 2 is 2.09 bits per heavy atom. The van der Waals surface area contributed by atoms with E-state index in [0.29, 0.717) is 12.3 Å². The average Bonchev–Trinajstić information content (AvgIpc) is 2.77. The van der Waals surface area contributed by atoms with Gasteiger partial charge in [-0.3, -0.25) is 0 Å². The molecular formula is C16H21ClN2O2S. The van der Waals surface area contributed by atoms with E-state index in [0.717, 1.165) is 30.0 Å². The molecule has 1 aromatic carbocycles. The molecule has 4 nitrogen and oxygen atoms in total. The second kappa shape index (κ2) is 6.22. The van der Waals surface area contributed by atoms with Crippen LogP contribution in [-0.4, -0.2) is 49.0 Å². The van der Waals surface area contributed by atoms with Gasteiger partial charge in [-0.1, -0.05) is 18.5 Å². The number of fused-ring (bicyclic) bond motifs is 1. The van der Waals surface area contributed by atoms with Crippen LogP contribution in [0.1, 0.15) is 6.92 Å². The summed E-state index contributed by atoms with van der Waals surface area (Å²) in [4.78, 5) is 2.26. The highest BCUT2D eigenvalue weighted by atomic mass is 35.5. The predicted octanol–water partition coefficient (Wildman–Crippen LogP) is 2.66. The molecule has 1 aromatic heterocycles. The Labute approximate surface area is 136 Å². The van der Waals surface area contributed by atoms with Crippen LogP contribution in [0, 0.1) is 5.92 Å². The van der Waals surface area contributed by atoms with E-state index in [1.807, 2.05) is 25.1 Å². The Morgan fingerprint density at radius 3 is 2.91 bits per heavy atom. The maximum absolute atomic E-state index is 11.8. The fourth-order valence-corrected chi connectivity index (χ4v) is 5.04. The molecule has 2 aromatic rings. The highest BCUT2D eigenvalue weighted by Gasteiger charge is 2.23. The lowest BCUT2D eigenvalue weighted by molar-refractivity contribution is 0.256. The van der Waals surface area contributed by atoms with E-state index in [4.69, 9.17) is 11.6 Å². The summed E-state index contributed by atoms with van der Waals surface area (Å²) in [5, 5.41) is 1.89. The van der Waals surface area contributed by atoms with Crippen molar-refractivity contribution in [3.05, 3.63) is 35.5 Å². The molecule has 1 unspecified atom stereocenters. The van der Waals surface area contributed by atoms with Gasteiger partial charge in [0.1, 0.15) is 0 Å². The lowest BCUT2D eigenvalue weighted by atomic mass is 10.2. The zero-order chi connectivity index (χ0) is 15.7. The molecule has 0 saturated carbocycles. The number of benzene rings is 1. The summed E-state index contributed by atoms with van der Waals surface area (Å²) in [5.74, 6) is 0.793. The van der Waals surface area contributed by atoms with E-state index >= 15 is 0 Å². The summed E-state index contributed by atoms with van der Waals surface area (Å²) < 4.78 is 25.8. The first kappa shape index (κ1) is 15.8. The minimum Gasteiger partial charge on any atom is -0.346 e. The Morgan fingerprint density at radius 1 is 1.27 bits per heavy atom. The van der Waals surface area contributed by atoms with Crippen molar-refractivity contribution < 1.29 is 8.42 Å². The van der Waals surface area contributed by atoms with Gasteiger partial charge < -0.3 is 9.47 Å². The predicted molar refractivity (Wildman–Crippen MR) is 91.2 cm³/mol. The maximum atomic E-state index is 11.8. The molecule has 0 spiro atoms. The van der Waals surface area contributed by atoms with Gasteiger partial charge in [-0.25, -0.2) is 8.42 Å². The molecule has 22 heavy (non-hydrogen) atoms. The van der Waals surface area contributed by atoms with Crippen LogP contribution in [0.3, 0.4) is 0 Å². The lowest BCUT2D eigenvalue weighted by Crippen LogP contribution is -2.32. The summed E-state index contributed by atoms with van der Waals surface area (Å²) in [6.07, 6.45) is 2.07. The van der Waals surface area contributed by atoms with Crippen LogP contribution in [0.25, 0.3) is 10.9 Å². The molecule has 1 aliphatic heterocycles. The van der Waals surface area contributed by atoms with Gasteiger partial charge in [0.25, 0.3) is 0 Å². The number of sulfone groups is 1. The van der Waals surface area contributed by atoms with Crippen molar-refractivity contribution in [3.63, 3.8) is 0 Å². The van der Waals surface area contributed by atoms with Crippen LogP contribution < -0.4 is 0 Å². The van der Waals surface area contributed by atoms with Crippen LogP contribution in [0.15, 0.2) is 30.5 Å². The monoisotopic (exact) mass is 340 g/mol. The zero-order valence-corrected chi connectivity index (χ0v) is 14.3. The van der Waals surface area contributed by atoms with Gasteiger partial charge in [-0.15, -0.1) is 0 Å². The van der Waals surface area contributed by atoms with E-state index in [1.165, 1.54) is 5.52 Å².